The minimum Gasteiger partial charge on any atom is -0.306 e. The van der Waals surface area contributed by atoms with Gasteiger partial charge in [0.25, 0.3) is 0 Å². The Labute approximate surface area is 102 Å². The molecule has 1 rings (SSSR count). The first-order chi connectivity index (χ1) is 7.59. The number of hydrogen-bond acceptors (Lipinski definition) is 3. The molecule has 0 aromatic carbocycles. The zero-order valence-corrected chi connectivity index (χ0v) is 11.3. The maximum atomic E-state index is 10.8. The van der Waals surface area contributed by atoms with Gasteiger partial charge in [-0.2, -0.15) is 0 Å². The van der Waals surface area contributed by atoms with Crippen molar-refractivity contribution in [1.29, 1.82) is 0 Å². The molecule has 0 radical (unpaired) electrons. The van der Waals surface area contributed by atoms with E-state index >= 15 is 0 Å². The van der Waals surface area contributed by atoms with Crippen molar-refractivity contribution in [2.24, 2.45) is 0 Å². The highest BCUT2D eigenvalue weighted by Crippen LogP contribution is 2.16. The molecule has 0 saturated carbocycles. The first kappa shape index (κ1) is 13.4. The smallest absolute Gasteiger partial charge is 0.129 e. The topological polar surface area (TPSA) is 20.3 Å². The van der Waals surface area contributed by atoms with Crippen LogP contribution in [0.5, 0.6) is 0 Å². The predicted molar refractivity (Wildman–Crippen MR) is 70.2 cm³/mol. The van der Waals surface area contributed by atoms with Gasteiger partial charge in [0.05, 0.1) is 0 Å². The van der Waals surface area contributed by atoms with Gasteiger partial charge in [0, 0.05) is 17.8 Å². The SMILES string of the molecule is CC(=O)CCCN(C)CCc1sccc1C. The van der Waals surface area contributed by atoms with Crippen LogP contribution in [0.1, 0.15) is 30.2 Å². The first-order valence-electron chi connectivity index (χ1n) is 5.80. The summed E-state index contributed by atoms with van der Waals surface area (Å²) in [6.45, 7) is 5.93. The molecule has 1 aromatic rings. The van der Waals surface area contributed by atoms with Crippen molar-refractivity contribution in [1.82, 2.24) is 4.90 Å². The Morgan fingerprint density at radius 3 is 2.75 bits per heavy atom. The van der Waals surface area contributed by atoms with Gasteiger partial charge < -0.3 is 9.69 Å². The zero-order chi connectivity index (χ0) is 12.0. The van der Waals surface area contributed by atoms with Crippen LogP contribution in [0.25, 0.3) is 0 Å². The predicted octanol–water partition coefficient (Wildman–Crippen LogP) is 2.90. The minimum absolute atomic E-state index is 0.294. The molecule has 90 valence electrons. The minimum atomic E-state index is 0.294. The second kappa shape index (κ2) is 6.81. The molecule has 0 spiro atoms. The molecule has 0 unspecified atom stereocenters. The van der Waals surface area contributed by atoms with E-state index in [0.29, 0.717) is 12.2 Å². The lowest BCUT2D eigenvalue weighted by atomic mass is 10.2. The standard InChI is InChI=1S/C13H21NOS/c1-11-7-10-16-13(11)6-9-14(3)8-4-5-12(2)15/h7,10H,4-6,8-9H2,1-3H3. The van der Waals surface area contributed by atoms with E-state index in [2.05, 4.69) is 30.3 Å². The number of nitrogens with zero attached hydrogens (tertiary/aromatic N) is 1. The summed E-state index contributed by atoms with van der Waals surface area (Å²) in [5.41, 5.74) is 1.40. The summed E-state index contributed by atoms with van der Waals surface area (Å²) in [5.74, 6) is 0.294. The van der Waals surface area contributed by atoms with E-state index in [1.165, 1.54) is 10.4 Å². The maximum absolute atomic E-state index is 10.8. The molecule has 16 heavy (non-hydrogen) atoms. The largest absolute Gasteiger partial charge is 0.306 e. The molecule has 0 aliphatic carbocycles. The Kier molecular flexibility index (Phi) is 5.71. The van der Waals surface area contributed by atoms with Crippen molar-refractivity contribution in [2.75, 3.05) is 20.1 Å². The van der Waals surface area contributed by atoms with Crippen molar-refractivity contribution in [2.45, 2.75) is 33.1 Å². The quantitative estimate of drug-likeness (QED) is 0.729. The van der Waals surface area contributed by atoms with Crippen molar-refractivity contribution >= 4 is 17.1 Å². The van der Waals surface area contributed by atoms with Crippen LogP contribution in [0.2, 0.25) is 0 Å². The van der Waals surface area contributed by atoms with Gasteiger partial charge in [0.15, 0.2) is 0 Å². The summed E-state index contributed by atoms with van der Waals surface area (Å²) < 4.78 is 0. The van der Waals surface area contributed by atoms with Gasteiger partial charge in [0.1, 0.15) is 5.78 Å². The summed E-state index contributed by atoms with van der Waals surface area (Å²) in [6.07, 6.45) is 2.82. The number of aryl methyl sites for hydroxylation is 1. The second-order valence-electron chi connectivity index (χ2n) is 4.39. The lowest BCUT2D eigenvalue weighted by Gasteiger charge is -2.15. The number of Topliss-reactive ketones (excluding diaryl/α,β-unsaturated/α-hetero) is 1. The van der Waals surface area contributed by atoms with E-state index in [1.54, 1.807) is 6.92 Å². The Balaban J connectivity index is 2.17. The van der Waals surface area contributed by atoms with Crippen LogP contribution < -0.4 is 0 Å². The summed E-state index contributed by atoms with van der Waals surface area (Å²) in [4.78, 5) is 14.6. The molecular formula is C13H21NOS. The number of likely N-dealkylation sites (N-methyl/N-ethyl adjacent to an activating group) is 1. The highest BCUT2D eigenvalue weighted by Gasteiger charge is 2.03. The van der Waals surface area contributed by atoms with Gasteiger partial charge in [-0.3, -0.25) is 0 Å². The Bertz CT molecular complexity index is 332. The van der Waals surface area contributed by atoms with Crippen LogP contribution >= 0.6 is 11.3 Å². The van der Waals surface area contributed by atoms with Crippen molar-refractivity contribution in [3.8, 4) is 0 Å². The summed E-state index contributed by atoms with van der Waals surface area (Å²) >= 11 is 1.84. The average molecular weight is 239 g/mol. The molecule has 0 atom stereocenters. The molecule has 0 bridgehead atoms. The fraction of sp³-hybridized carbons (Fsp3) is 0.615. The van der Waals surface area contributed by atoms with Crippen LogP contribution in [-0.4, -0.2) is 30.8 Å². The van der Waals surface area contributed by atoms with Gasteiger partial charge >= 0.3 is 0 Å². The molecule has 2 nitrogen and oxygen atoms in total. The third kappa shape index (κ3) is 4.90. The van der Waals surface area contributed by atoms with E-state index in [1.807, 2.05) is 11.3 Å². The molecular weight excluding hydrogens is 218 g/mol. The number of thiophene rings is 1. The van der Waals surface area contributed by atoms with Crippen LogP contribution in [0.15, 0.2) is 11.4 Å². The highest BCUT2D eigenvalue weighted by atomic mass is 32.1. The lowest BCUT2D eigenvalue weighted by Crippen LogP contribution is -2.22. The number of hydrogen-bond donors (Lipinski definition) is 0. The van der Waals surface area contributed by atoms with Gasteiger partial charge in [-0.25, -0.2) is 0 Å². The van der Waals surface area contributed by atoms with Gasteiger partial charge in [0.2, 0.25) is 0 Å². The van der Waals surface area contributed by atoms with Crippen LogP contribution in [-0.2, 0) is 11.2 Å². The molecule has 0 amide bonds. The maximum Gasteiger partial charge on any atom is 0.129 e. The molecule has 0 aliphatic rings. The molecule has 3 heteroatoms. The average Bonchev–Trinajstić information content (AvgIpc) is 2.60. The molecule has 0 N–H and O–H groups in total. The lowest BCUT2D eigenvalue weighted by molar-refractivity contribution is -0.117. The Hall–Kier alpha value is -0.670. The third-order valence-electron chi connectivity index (χ3n) is 2.76. The summed E-state index contributed by atoms with van der Waals surface area (Å²) in [5, 5.41) is 2.15. The van der Waals surface area contributed by atoms with Crippen LogP contribution in [0.4, 0.5) is 0 Å². The fourth-order valence-electron chi connectivity index (χ4n) is 1.66. The number of ketones is 1. The number of carbonyl (C=O) groups excluding carboxylic acids is 1. The molecule has 1 heterocycles. The fourth-order valence-corrected chi connectivity index (χ4v) is 2.56. The normalized spacial score (nSPS) is 11.0. The van der Waals surface area contributed by atoms with Crippen molar-refractivity contribution in [3.63, 3.8) is 0 Å². The van der Waals surface area contributed by atoms with Crippen LogP contribution in [0, 0.1) is 6.92 Å². The Morgan fingerprint density at radius 2 is 2.19 bits per heavy atom. The van der Waals surface area contributed by atoms with E-state index in [0.717, 1.165) is 25.9 Å². The number of carbonyl (C=O) groups is 1. The second-order valence-corrected chi connectivity index (χ2v) is 5.39. The van der Waals surface area contributed by atoms with E-state index in [-0.39, 0.29) is 0 Å². The molecule has 1 aromatic heterocycles. The van der Waals surface area contributed by atoms with Crippen molar-refractivity contribution in [3.05, 3.63) is 21.9 Å². The highest BCUT2D eigenvalue weighted by molar-refractivity contribution is 7.10. The van der Waals surface area contributed by atoms with Gasteiger partial charge in [-0.15, -0.1) is 11.3 Å². The van der Waals surface area contributed by atoms with Crippen LogP contribution in [0.3, 0.4) is 0 Å². The zero-order valence-electron chi connectivity index (χ0n) is 10.5. The summed E-state index contributed by atoms with van der Waals surface area (Å²) in [7, 11) is 2.13. The third-order valence-corrected chi connectivity index (χ3v) is 3.84. The molecule has 0 aliphatic heterocycles. The van der Waals surface area contributed by atoms with E-state index in [9.17, 15) is 4.79 Å². The molecule has 0 fully saturated rings. The Morgan fingerprint density at radius 1 is 1.44 bits per heavy atom. The molecule has 0 saturated heterocycles. The van der Waals surface area contributed by atoms with Crippen molar-refractivity contribution < 1.29 is 4.79 Å². The first-order valence-corrected chi connectivity index (χ1v) is 6.68. The van der Waals surface area contributed by atoms with Gasteiger partial charge in [-0.1, -0.05) is 0 Å². The van der Waals surface area contributed by atoms with Gasteiger partial charge in [-0.05, 0) is 57.3 Å². The summed E-state index contributed by atoms with van der Waals surface area (Å²) in [6, 6.07) is 2.18. The monoisotopic (exact) mass is 239 g/mol. The van der Waals surface area contributed by atoms with E-state index in [4.69, 9.17) is 0 Å². The van der Waals surface area contributed by atoms with E-state index < -0.39 is 0 Å². The number of rotatable bonds is 7.